The van der Waals surface area contributed by atoms with E-state index in [0.717, 1.165) is 89.9 Å². The number of carbonyl (C=O) groups excluding carboxylic acids is 2. The number of amides is 1. The van der Waals surface area contributed by atoms with Gasteiger partial charge in [-0.2, -0.15) is 0 Å². The minimum atomic E-state index is -1.62. The van der Waals surface area contributed by atoms with Gasteiger partial charge in [0.05, 0.1) is 25.4 Å². The zero-order valence-corrected chi connectivity index (χ0v) is 50.7. The van der Waals surface area contributed by atoms with E-state index < -0.39 is 67.4 Å². The molecule has 0 aromatic rings. The van der Waals surface area contributed by atoms with Crippen molar-refractivity contribution in [1.82, 2.24) is 5.32 Å². The van der Waals surface area contributed by atoms with Crippen LogP contribution in [-0.4, -0.2) is 99.6 Å². The lowest BCUT2D eigenvalue weighted by Crippen LogP contribution is -2.61. The minimum Gasteiger partial charge on any atom is -0.454 e. The van der Waals surface area contributed by atoms with Crippen LogP contribution in [0, 0.1) is 0 Å². The molecule has 1 heterocycles. The lowest BCUT2D eigenvalue weighted by atomic mass is 9.99. The van der Waals surface area contributed by atoms with Crippen molar-refractivity contribution in [3.8, 4) is 0 Å². The number of unbranched alkanes of at least 4 members (excludes halogenated alkanes) is 31. The molecule has 1 rings (SSSR count). The number of aliphatic hydroxyl groups is 5. The van der Waals surface area contributed by atoms with Gasteiger partial charge in [0.25, 0.3) is 0 Å². The normalized spacial score (nSPS) is 19.3. The number of hydrogen-bond acceptors (Lipinski definition) is 10. The standard InChI is InChI=1S/C68H121NO10/c1-4-7-10-13-16-19-22-25-26-27-28-29-30-31-32-33-34-35-36-38-41-44-47-50-53-56-63(73)79-66-65(75)64(74)62(57-70)78-68(66)77-58-59(60(71)54-51-48-45-42-40-37-23-20-17-14-11-8-5-2)69-67(76)61(72)55-52-49-46-43-39-24-21-18-15-12-9-6-3/h16,19,25-26,28-29,31-32,39,43,51,54,59-62,64-66,68,70-72,74-75H,4-15,17-18,20-24,27,30,33-38,40-42,44-50,52-53,55-58H2,1-3H3,(H,69,76)/b19-16-,26-25-,29-28-,32-31-,43-39-,54-51+. The van der Waals surface area contributed by atoms with E-state index in [2.05, 4.69) is 86.8 Å². The monoisotopic (exact) mass is 1110 g/mol. The Labute approximate surface area is 483 Å². The zero-order valence-electron chi connectivity index (χ0n) is 50.7. The van der Waals surface area contributed by atoms with Crippen molar-refractivity contribution >= 4 is 11.9 Å². The van der Waals surface area contributed by atoms with Crippen LogP contribution in [0.15, 0.2) is 72.9 Å². The number of aliphatic hydroxyl groups excluding tert-OH is 5. The van der Waals surface area contributed by atoms with Crippen molar-refractivity contribution < 1.29 is 49.3 Å². The van der Waals surface area contributed by atoms with Crippen molar-refractivity contribution in [3.63, 3.8) is 0 Å². The molecule has 1 amide bonds. The molecule has 6 N–H and O–H groups in total. The molecule has 8 unspecified atom stereocenters. The highest BCUT2D eigenvalue weighted by Gasteiger charge is 2.47. The topological polar surface area (TPSA) is 175 Å². The molecule has 0 bridgehead atoms. The Kier molecular flexibility index (Phi) is 52.2. The third-order valence-corrected chi connectivity index (χ3v) is 15.1. The van der Waals surface area contributed by atoms with Gasteiger partial charge in [-0.3, -0.25) is 9.59 Å². The molecular weight excluding hydrogens is 991 g/mol. The van der Waals surface area contributed by atoms with Gasteiger partial charge >= 0.3 is 5.97 Å². The summed E-state index contributed by atoms with van der Waals surface area (Å²) in [6.07, 6.45) is 60.8. The van der Waals surface area contributed by atoms with Gasteiger partial charge in [0, 0.05) is 6.42 Å². The van der Waals surface area contributed by atoms with Crippen LogP contribution >= 0.6 is 0 Å². The molecule has 1 fully saturated rings. The second kappa shape index (κ2) is 55.6. The highest BCUT2D eigenvalue weighted by molar-refractivity contribution is 5.80. The first-order valence-electron chi connectivity index (χ1n) is 32.7. The fraction of sp³-hybridized carbons (Fsp3) is 0.794. The summed E-state index contributed by atoms with van der Waals surface area (Å²) in [5, 5.41) is 57.0. The first-order chi connectivity index (χ1) is 38.7. The molecule has 8 atom stereocenters. The Morgan fingerprint density at radius 2 is 0.873 bits per heavy atom. The Balaban J connectivity index is 2.61. The van der Waals surface area contributed by atoms with Gasteiger partial charge in [-0.15, -0.1) is 0 Å². The Morgan fingerprint density at radius 1 is 0.494 bits per heavy atom. The summed E-state index contributed by atoms with van der Waals surface area (Å²) < 4.78 is 17.6. The van der Waals surface area contributed by atoms with E-state index in [4.69, 9.17) is 14.2 Å². The van der Waals surface area contributed by atoms with E-state index in [0.29, 0.717) is 12.8 Å². The maximum atomic E-state index is 13.4. The van der Waals surface area contributed by atoms with Crippen LogP contribution in [0.5, 0.6) is 0 Å². The van der Waals surface area contributed by atoms with Crippen LogP contribution in [0.1, 0.15) is 284 Å². The molecule has 1 aliphatic rings. The minimum absolute atomic E-state index is 0.113. The highest BCUT2D eigenvalue weighted by atomic mass is 16.7. The first-order valence-corrected chi connectivity index (χ1v) is 32.7. The van der Waals surface area contributed by atoms with E-state index in [-0.39, 0.29) is 19.4 Å². The van der Waals surface area contributed by atoms with Crippen LogP contribution in [0.25, 0.3) is 0 Å². The summed E-state index contributed by atoms with van der Waals surface area (Å²) in [5.74, 6) is -1.22. The molecule has 11 heteroatoms. The summed E-state index contributed by atoms with van der Waals surface area (Å²) in [7, 11) is 0. The summed E-state index contributed by atoms with van der Waals surface area (Å²) in [5.41, 5.74) is 0. The number of hydrogen-bond donors (Lipinski definition) is 6. The fourth-order valence-corrected chi connectivity index (χ4v) is 9.86. The van der Waals surface area contributed by atoms with Crippen molar-refractivity contribution in [2.75, 3.05) is 13.2 Å². The van der Waals surface area contributed by atoms with Crippen LogP contribution < -0.4 is 5.32 Å². The number of ether oxygens (including phenoxy) is 3. The summed E-state index contributed by atoms with van der Waals surface area (Å²) in [6, 6.07) is -1.03. The van der Waals surface area contributed by atoms with Gasteiger partial charge in [0.15, 0.2) is 12.4 Å². The average molecular weight is 1110 g/mol. The smallest absolute Gasteiger partial charge is 0.306 e. The molecule has 0 aromatic heterocycles. The molecule has 0 radical (unpaired) electrons. The largest absolute Gasteiger partial charge is 0.454 e. The van der Waals surface area contributed by atoms with Gasteiger partial charge in [-0.25, -0.2) is 0 Å². The van der Waals surface area contributed by atoms with Gasteiger partial charge in [-0.1, -0.05) is 254 Å². The van der Waals surface area contributed by atoms with Crippen molar-refractivity contribution in [1.29, 1.82) is 0 Å². The molecule has 0 aromatic carbocycles. The molecular formula is C68H121NO10. The lowest BCUT2D eigenvalue weighted by molar-refractivity contribution is -0.305. The first kappa shape index (κ1) is 74.1. The van der Waals surface area contributed by atoms with Crippen LogP contribution in [0.2, 0.25) is 0 Å². The zero-order chi connectivity index (χ0) is 57.5. The Morgan fingerprint density at radius 3 is 1.34 bits per heavy atom. The highest BCUT2D eigenvalue weighted by Crippen LogP contribution is 2.26. The summed E-state index contributed by atoms with van der Waals surface area (Å²) in [6.45, 7) is 5.75. The van der Waals surface area contributed by atoms with Crippen molar-refractivity contribution in [2.24, 2.45) is 0 Å². The quantitative estimate of drug-likeness (QED) is 0.0195. The van der Waals surface area contributed by atoms with Crippen molar-refractivity contribution in [2.45, 2.75) is 333 Å². The van der Waals surface area contributed by atoms with Gasteiger partial charge in [-0.05, 0) is 96.3 Å². The van der Waals surface area contributed by atoms with E-state index in [1.165, 1.54) is 148 Å². The molecule has 1 aliphatic heterocycles. The molecule has 0 saturated carbocycles. The molecule has 0 spiro atoms. The SMILES string of the molecule is CCCCC/C=C\C/C=C\C/C=C\C/C=C\CCCCCCCCCCCC(=O)OC1C(OCC(NC(=O)C(O)CCCC/C=C\CCCCCCCC)C(O)/C=C/CCCCCCCCCCCCC)OC(CO)C(O)C1O. The van der Waals surface area contributed by atoms with Crippen LogP contribution in [0.3, 0.4) is 0 Å². The summed E-state index contributed by atoms with van der Waals surface area (Å²) >= 11 is 0. The Bertz CT molecular complexity index is 1560. The molecule has 1 saturated heterocycles. The second-order valence-electron chi connectivity index (χ2n) is 22.5. The van der Waals surface area contributed by atoms with Crippen molar-refractivity contribution in [3.05, 3.63) is 72.9 Å². The predicted octanol–water partition coefficient (Wildman–Crippen LogP) is 16.0. The number of carbonyl (C=O) groups is 2. The van der Waals surface area contributed by atoms with Gasteiger partial charge in [0.1, 0.15) is 24.4 Å². The van der Waals surface area contributed by atoms with Crippen LogP contribution in [-0.2, 0) is 23.8 Å². The average Bonchev–Trinajstić information content (AvgIpc) is 3.48. The van der Waals surface area contributed by atoms with E-state index in [1.807, 2.05) is 6.08 Å². The lowest BCUT2D eigenvalue weighted by Gasteiger charge is -2.41. The Hall–Kier alpha value is -2.90. The third kappa shape index (κ3) is 43.5. The molecule has 11 nitrogen and oxygen atoms in total. The van der Waals surface area contributed by atoms with Crippen LogP contribution in [0.4, 0.5) is 0 Å². The summed E-state index contributed by atoms with van der Waals surface area (Å²) in [4.78, 5) is 26.6. The number of rotatable bonds is 55. The number of allylic oxidation sites excluding steroid dienone is 11. The molecule has 79 heavy (non-hydrogen) atoms. The fourth-order valence-electron chi connectivity index (χ4n) is 9.86. The maximum Gasteiger partial charge on any atom is 0.306 e. The predicted molar refractivity (Wildman–Crippen MR) is 329 cm³/mol. The number of esters is 1. The molecule has 0 aliphatic carbocycles. The maximum absolute atomic E-state index is 13.4. The van der Waals surface area contributed by atoms with Gasteiger partial charge in [0.2, 0.25) is 5.91 Å². The van der Waals surface area contributed by atoms with E-state index >= 15 is 0 Å². The molecule has 458 valence electrons. The second-order valence-corrected chi connectivity index (χ2v) is 22.5. The van der Waals surface area contributed by atoms with E-state index in [9.17, 15) is 35.1 Å². The van der Waals surface area contributed by atoms with E-state index in [1.54, 1.807) is 6.08 Å². The third-order valence-electron chi connectivity index (χ3n) is 15.1. The van der Waals surface area contributed by atoms with Gasteiger partial charge < -0.3 is 45.1 Å². The number of nitrogens with one attached hydrogen (secondary N) is 1.